The number of Topliss-reactive ketones (excluding diaryl/α,β-unsaturated/α-hetero) is 1. The van der Waals surface area contributed by atoms with Gasteiger partial charge >= 0.3 is 6.18 Å². The molecule has 1 heterocycles. The number of rotatable bonds is 12. The molecule has 1 amide bonds. The van der Waals surface area contributed by atoms with Gasteiger partial charge in [0.05, 0.1) is 17.7 Å². The Morgan fingerprint density at radius 3 is 2.35 bits per heavy atom. The van der Waals surface area contributed by atoms with Gasteiger partial charge in [0, 0.05) is 29.1 Å². The van der Waals surface area contributed by atoms with E-state index in [2.05, 4.69) is 0 Å². The van der Waals surface area contributed by atoms with Gasteiger partial charge in [-0.1, -0.05) is 84.4 Å². The number of amides is 1. The van der Waals surface area contributed by atoms with Crippen molar-refractivity contribution in [2.75, 3.05) is 6.54 Å². The van der Waals surface area contributed by atoms with Crippen molar-refractivity contribution in [1.82, 2.24) is 4.90 Å². The molecule has 8 heteroatoms. The van der Waals surface area contributed by atoms with Crippen LogP contribution in [0.15, 0.2) is 103 Å². The fourth-order valence-electron chi connectivity index (χ4n) is 6.33. The van der Waals surface area contributed by atoms with Gasteiger partial charge in [-0.2, -0.15) is 13.2 Å². The van der Waals surface area contributed by atoms with E-state index in [0.29, 0.717) is 53.9 Å². The molecule has 240 valence electrons. The largest absolute Gasteiger partial charge is 0.416 e. The van der Waals surface area contributed by atoms with Crippen LogP contribution in [0.1, 0.15) is 81.1 Å². The average Bonchev–Trinajstić information content (AvgIpc) is 3.54. The quantitative estimate of drug-likeness (QED) is 0.156. The molecule has 1 aliphatic heterocycles. The molecule has 0 spiro atoms. The van der Waals surface area contributed by atoms with Crippen LogP contribution in [0.25, 0.3) is 0 Å². The first kappa shape index (κ1) is 33.4. The predicted octanol–water partition coefficient (Wildman–Crippen LogP) is 9.15. The molecule has 4 aromatic rings. The first-order valence-corrected chi connectivity index (χ1v) is 16.0. The molecular weight excluding hydrogens is 611 g/mol. The van der Waals surface area contributed by atoms with Crippen molar-refractivity contribution < 1.29 is 27.9 Å². The normalized spacial score (nSPS) is 16.3. The number of alkyl halides is 3. The summed E-state index contributed by atoms with van der Waals surface area (Å²) in [4.78, 5) is 29.1. The van der Waals surface area contributed by atoms with Crippen molar-refractivity contribution in [2.45, 2.75) is 63.3 Å². The Morgan fingerprint density at radius 1 is 0.870 bits per heavy atom. The number of carbonyl (C=O) groups excluding carboxylic acids is 2. The van der Waals surface area contributed by atoms with Crippen LogP contribution < -0.4 is 0 Å². The topological polar surface area (TPSA) is 57.6 Å². The summed E-state index contributed by atoms with van der Waals surface area (Å²) in [5.74, 6) is -0.741. The maximum atomic E-state index is 13.7. The number of aryl methyl sites for hydroxylation is 1. The Balaban J connectivity index is 1.27. The van der Waals surface area contributed by atoms with Crippen molar-refractivity contribution in [3.63, 3.8) is 0 Å². The molecule has 1 unspecified atom stereocenters. The van der Waals surface area contributed by atoms with E-state index in [1.54, 1.807) is 36.4 Å². The number of aliphatic hydroxyl groups is 1. The van der Waals surface area contributed by atoms with E-state index in [1.807, 2.05) is 53.4 Å². The van der Waals surface area contributed by atoms with E-state index >= 15 is 0 Å². The molecule has 0 aromatic heterocycles. The monoisotopic (exact) mass is 647 g/mol. The van der Waals surface area contributed by atoms with Gasteiger partial charge in [0.15, 0.2) is 5.78 Å². The smallest absolute Gasteiger partial charge is 0.393 e. The highest BCUT2D eigenvalue weighted by atomic mass is 35.5. The number of ketones is 1. The zero-order valence-corrected chi connectivity index (χ0v) is 26.2. The number of aliphatic hydroxyl groups excluding tert-OH is 1. The number of carbonyl (C=O) groups is 2. The highest BCUT2D eigenvalue weighted by Crippen LogP contribution is 2.35. The molecule has 0 aliphatic carbocycles. The Kier molecular flexibility index (Phi) is 11.0. The van der Waals surface area contributed by atoms with E-state index in [9.17, 15) is 27.9 Å². The molecule has 1 N–H and O–H groups in total. The van der Waals surface area contributed by atoms with Gasteiger partial charge in [-0.05, 0) is 91.5 Å². The maximum Gasteiger partial charge on any atom is 0.416 e. The fourth-order valence-corrected chi connectivity index (χ4v) is 6.53. The van der Waals surface area contributed by atoms with Crippen LogP contribution in [0, 0.1) is 5.92 Å². The first-order chi connectivity index (χ1) is 22.1. The van der Waals surface area contributed by atoms with Crippen LogP contribution >= 0.6 is 11.6 Å². The zero-order valence-electron chi connectivity index (χ0n) is 25.4. The second-order valence-electron chi connectivity index (χ2n) is 12.0. The highest BCUT2D eigenvalue weighted by Gasteiger charge is 2.32. The standard InChI is InChI=1S/C38H37ClF3NO3/c39-33-17-7-13-28(24-33)34-18-8-20-43(34)37(46)30-15-6-14-29(23-30)36(45)25-31(21-26-9-2-1-3-10-26)35(44)19-5-12-27-11-4-16-32(22-27)38(40,41)42/h1-4,6-7,9-11,13-17,22-24,31,34-35,44H,5,8,12,18-21,25H2/t31-,34?,35-/m1/s1. The molecular formula is C38H37ClF3NO3. The third kappa shape index (κ3) is 8.65. The lowest BCUT2D eigenvalue weighted by molar-refractivity contribution is -0.137. The molecule has 4 aromatic carbocycles. The Labute approximate surface area is 272 Å². The molecule has 4 nitrogen and oxygen atoms in total. The van der Waals surface area contributed by atoms with Crippen LogP contribution in [-0.2, 0) is 19.0 Å². The molecule has 1 saturated heterocycles. The number of halogens is 4. The van der Waals surface area contributed by atoms with Crippen molar-refractivity contribution in [1.29, 1.82) is 0 Å². The number of hydrogen-bond donors (Lipinski definition) is 1. The molecule has 0 saturated carbocycles. The maximum absolute atomic E-state index is 13.7. The number of nitrogens with zero attached hydrogens (tertiary/aromatic N) is 1. The van der Waals surface area contributed by atoms with E-state index in [0.717, 1.165) is 36.1 Å². The first-order valence-electron chi connectivity index (χ1n) is 15.7. The summed E-state index contributed by atoms with van der Waals surface area (Å²) in [6.45, 7) is 0.611. The minimum Gasteiger partial charge on any atom is -0.393 e. The third-order valence-corrected chi connectivity index (χ3v) is 8.97. The summed E-state index contributed by atoms with van der Waals surface area (Å²) in [5, 5.41) is 11.9. The highest BCUT2D eigenvalue weighted by molar-refractivity contribution is 6.30. The van der Waals surface area contributed by atoms with Crippen LogP contribution in [0.3, 0.4) is 0 Å². The molecule has 5 rings (SSSR count). The average molecular weight is 648 g/mol. The zero-order chi connectivity index (χ0) is 32.7. The van der Waals surface area contributed by atoms with Gasteiger partial charge in [-0.15, -0.1) is 0 Å². The van der Waals surface area contributed by atoms with Gasteiger partial charge in [0.25, 0.3) is 5.91 Å². The lowest BCUT2D eigenvalue weighted by Crippen LogP contribution is -2.30. The van der Waals surface area contributed by atoms with Crippen molar-refractivity contribution in [2.24, 2.45) is 5.92 Å². The minimum atomic E-state index is -4.41. The summed E-state index contributed by atoms with van der Waals surface area (Å²) >= 11 is 6.22. The van der Waals surface area contributed by atoms with E-state index < -0.39 is 23.8 Å². The lowest BCUT2D eigenvalue weighted by atomic mass is 9.85. The van der Waals surface area contributed by atoms with E-state index in [1.165, 1.54) is 6.07 Å². The summed E-state index contributed by atoms with van der Waals surface area (Å²) in [7, 11) is 0. The molecule has 1 aliphatic rings. The van der Waals surface area contributed by atoms with Crippen molar-refractivity contribution in [3.8, 4) is 0 Å². The number of hydrogen-bond acceptors (Lipinski definition) is 3. The molecule has 0 bridgehead atoms. The summed E-state index contributed by atoms with van der Waals surface area (Å²) in [5.41, 5.74) is 2.65. The third-order valence-electron chi connectivity index (χ3n) is 8.73. The summed E-state index contributed by atoms with van der Waals surface area (Å²) < 4.78 is 39.4. The van der Waals surface area contributed by atoms with Crippen molar-refractivity contribution in [3.05, 3.63) is 142 Å². The Hall–Kier alpha value is -3.94. The molecule has 3 atom stereocenters. The van der Waals surface area contributed by atoms with Gasteiger partial charge < -0.3 is 10.0 Å². The SMILES string of the molecule is O=C(C[C@@H](Cc1ccccc1)[C@H](O)CCCc1cccc(C(F)(F)F)c1)c1cccc(C(=O)N2CCCC2c2cccc(Cl)c2)c1. The van der Waals surface area contributed by atoms with Crippen LogP contribution in [-0.4, -0.2) is 34.3 Å². The van der Waals surface area contributed by atoms with Crippen LogP contribution in [0.4, 0.5) is 13.2 Å². The second kappa shape index (κ2) is 15.1. The van der Waals surface area contributed by atoms with Crippen LogP contribution in [0.5, 0.6) is 0 Å². The van der Waals surface area contributed by atoms with Gasteiger partial charge in [-0.25, -0.2) is 0 Å². The van der Waals surface area contributed by atoms with Crippen LogP contribution in [0.2, 0.25) is 5.02 Å². The van der Waals surface area contributed by atoms with Gasteiger partial charge in [0.2, 0.25) is 0 Å². The lowest BCUT2D eigenvalue weighted by Gasteiger charge is -2.26. The molecule has 0 radical (unpaired) electrons. The second-order valence-corrected chi connectivity index (χ2v) is 12.5. The summed E-state index contributed by atoms with van der Waals surface area (Å²) in [6, 6.07) is 29.0. The Bertz CT molecular complexity index is 1640. The van der Waals surface area contributed by atoms with E-state index in [-0.39, 0.29) is 24.2 Å². The van der Waals surface area contributed by atoms with Gasteiger partial charge in [0.1, 0.15) is 0 Å². The van der Waals surface area contributed by atoms with Crippen molar-refractivity contribution >= 4 is 23.3 Å². The Morgan fingerprint density at radius 2 is 1.59 bits per heavy atom. The minimum absolute atomic E-state index is 0.0616. The summed E-state index contributed by atoms with van der Waals surface area (Å²) in [6.07, 6.45) is -1.85. The predicted molar refractivity (Wildman–Crippen MR) is 174 cm³/mol. The number of likely N-dealkylation sites (tertiary alicyclic amines) is 1. The molecule has 46 heavy (non-hydrogen) atoms. The molecule has 1 fully saturated rings. The van der Waals surface area contributed by atoms with E-state index in [4.69, 9.17) is 11.6 Å². The fraction of sp³-hybridized carbons (Fsp3) is 0.316. The number of benzene rings is 4. The van der Waals surface area contributed by atoms with Gasteiger partial charge in [-0.3, -0.25) is 9.59 Å².